The van der Waals surface area contributed by atoms with Crippen LogP contribution < -0.4 is 0 Å². The van der Waals surface area contributed by atoms with Gasteiger partial charge in [0, 0.05) is 15.9 Å². The number of halogens is 3. The van der Waals surface area contributed by atoms with Gasteiger partial charge in [-0.2, -0.15) is 8.78 Å². The van der Waals surface area contributed by atoms with Gasteiger partial charge in [-0.15, -0.1) is 0 Å². The summed E-state index contributed by atoms with van der Waals surface area (Å²) < 4.78 is 28.4. The Hall–Kier alpha value is -0.190. The lowest BCUT2D eigenvalue weighted by atomic mass is 10.3. The molecule has 2 nitrogen and oxygen atoms in total. The van der Waals surface area contributed by atoms with Crippen molar-refractivity contribution in [1.82, 2.24) is 0 Å². The average molecular weight is 231 g/mol. The third kappa shape index (κ3) is 4.29. The standard InChI is InChI=1S/C6H9BrF2O2/c1-3-4(2)11-5(10)6(7,8)9/h4H,3H2,1-2H3. The van der Waals surface area contributed by atoms with Crippen LogP contribution in [0, 0.1) is 0 Å². The third-order valence-corrected chi connectivity index (χ3v) is 1.44. The lowest BCUT2D eigenvalue weighted by Crippen LogP contribution is -2.27. The normalized spacial score (nSPS) is 14.3. The molecule has 0 N–H and O–H groups in total. The summed E-state index contributed by atoms with van der Waals surface area (Å²) >= 11 is 1.89. The zero-order valence-corrected chi connectivity index (χ0v) is 7.82. The summed E-state index contributed by atoms with van der Waals surface area (Å²) in [7, 11) is 0. The number of esters is 1. The maximum Gasteiger partial charge on any atom is 0.396 e. The molecule has 0 heterocycles. The summed E-state index contributed by atoms with van der Waals surface area (Å²) in [5.74, 6) is -1.54. The fourth-order valence-corrected chi connectivity index (χ4v) is 0.426. The van der Waals surface area contributed by atoms with E-state index in [9.17, 15) is 13.6 Å². The molecule has 0 spiro atoms. The van der Waals surface area contributed by atoms with Crippen LogP contribution in [-0.2, 0) is 9.53 Å². The molecule has 0 saturated carbocycles. The van der Waals surface area contributed by atoms with Gasteiger partial charge in [-0.25, -0.2) is 4.79 Å². The van der Waals surface area contributed by atoms with E-state index in [1.54, 1.807) is 13.8 Å². The maximum absolute atomic E-state index is 12.1. The van der Waals surface area contributed by atoms with Gasteiger partial charge < -0.3 is 4.74 Å². The lowest BCUT2D eigenvalue weighted by molar-refractivity contribution is -0.164. The molecule has 0 fully saturated rings. The molecule has 0 radical (unpaired) electrons. The zero-order valence-electron chi connectivity index (χ0n) is 6.23. The summed E-state index contributed by atoms with van der Waals surface area (Å²) in [5.41, 5.74) is 0. The maximum atomic E-state index is 12.1. The van der Waals surface area contributed by atoms with Crippen molar-refractivity contribution < 1.29 is 18.3 Å². The molecule has 1 unspecified atom stereocenters. The molecule has 11 heavy (non-hydrogen) atoms. The van der Waals surface area contributed by atoms with Crippen molar-refractivity contribution in [3.8, 4) is 0 Å². The Morgan fingerprint density at radius 1 is 1.73 bits per heavy atom. The Kier molecular flexibility index (Phi) is 3.92. The quantitative estimate of drug-likeness (QED) is 0.550. The van der Waals surface area contributed by atoms with Gasteiger partial charge in [0.2, 0.25) is 0 Å². The van der Waals surface area contributed by atoms with Crippen molar-refractivity contribution in [1.29, 1.82) is 0 Å². The van der Waals surface area contributed by atoms with Crippen molar-refractivity contribution in [2.24, 2.45) is 0 Å². The van der Waals surface area contributed by atoms with Gasteiger partial charge in [-0.1, -0.05) is 6.92 Å². The minimum absolute atomic E-state index is 0.467. The van der Waals surface area contributed by atoms with Gasteiger partial charge in [0.25, 0.3) is 0 Å². The Balaban J connectivity index is 3.88. The summed E-state index contributed by atoms with van der Waals surface area (Å²) in [5, 5.41) is 0. The summed E-state index contributed by atoms with van der Waals surface area (Å²) in [4.78, 5) is 6.86. The monoisotopic (exact) mass is 230 g/mol. The molecular formula is C6H9BrF2O2. The number of hydrogen-bond acceptors (Lipinski definition) is 2. The minimum atomic E-state index is -3.56. The Labute approximate surface area is 72.0 Å². The van der Waals surface area contributed by atoms with Gasteiger partial charge in [-0.3, -0.25) is 0 Å². The molecule has 0 aliphatic heterocycles. The number of alkyl halides is 3. The Morgan fingerprint density at radius 3 is 2.45 bits per heavy atom. The second-order valence-corrected chi connectivity index (χ2v) is 3.12. The smallest absolute Gasteiger partial charge is 0.396 e. The van der Waals surface area contributed by atoms with E-state index in [4.69, 9.17) is 0 Å². The molecule has 0 saturated heterocycles. The van der Waals surface area contributed by atoms with Gasteiger partial charge in [0.1, 0.15) is 0 Å². The highest BCUT2D eigenvalue weighted by molar-refractivity contribution is 9.10. The van der Waals surface area contributed by atoms with Crippen molar-refractivity contribution in [2.45, 2.75) is 31.2 Å². The van der Waals surface area contributed by atoms with E-state index in [1.807, 2.05) is 15.9 Å². The molecule has 0 aromatic carbocycles. The van der Waals surface area contributed by atoms with Crippen LogP contribution in [-0.4, -0.2) is 16.9 Å². The number of rotatable bonds is 3. The molecular weight excluding hydrogens is 222 g/mol. The highest BCUT2D eigenvalue weighted by Crippen LogP contribution is 2.23. The van der Waals surface area contributed by atoms with Crippen LogP contribution in [0.4, 0.5) is 8.78 Å². The first-order valence-electron chi connectivity index (χ1n) is 3.15. The summed E-state index contributed by atoms with van der Waals surface area (Å²) in [6.45, 7) is 3.29. The molecule has 5 heteroatoms. The van der Waals surface area contributed by atoms with Crippen LogP contribution in [0.2, 0.25) is 0 Å². The van der Waals surface area contributed by atoms with E-state index >= 15 is 0 Å². The molecule has 0 amide bonds. The summed E-state index contributed by atoms with van der Waals surface area (Å²) in [6, 6.07) is 0. The molecule has 1 atom stereocenters. The molecule has 0 aliphatic rings. The minimum Gasteiger partial charge on any atom is -0.458 e. The molecule has 0 bridgehead atoms. The first-order chi connectivity index (χ1) is 4.88. The van der Waals surface area contributed by atoms with Gasteiger partial charge >= 0.3 is 10.8 Å². The fraction of sp³-hybridized carbons (Fsp3) is 0.833. The first kappa shape index (κ1) is 10.8. The van der Waals surface area contributed by atoms with Crippen molar-refractivity contribution >= 4 is 21.9 Å². The van der Waals surface area contributed by atoms with Crippen LogP contribution in [0.3, 0.4) is 0 Å². The van der Waals surface area contributed by atoms with Crippen molar-refractivity contribution in [3.63, 3.8) is 0 Å². The molecule has 0 aliphatic carbocycles. The highest BCUT2D eigenvalue weighted by Gasteiger charge is 2.37. The van der Waals surface area contributed by atoms with Crippen LogP contribution in [0.5, 0.6) is 0 Å². The second-order valence-electron chi connectivity index (χ2n) is 2.12. The third-order valence-electron chi connectivity index (χ3n) is 1.11. The van der Waals surface area contributed by atoms with Crippen molar-refractivity contribution in [3.05, 3.63) is 0 Å². The van der Waals surface area contributed by atoms with Crippen LogP contribution >= 0.6 is 15.9 Å². The average Bonchev–Trinajstić information content (AvgIpc) is 1.85. The highest BCUT2D eigenvalue weighted by atomic mass is 79.9. The Bertz CT molecular complexity index is 144. The predicted molar refractivity (Wildman–Crippen MR) is 39.7 cm³/mol. The van der Waals surface area contributed by atoms with E-state index in [2.05, 4.69) is 4.74 Å². The molecule has 0 rings (SSSR count). The number of hydrogen-bond donors (Lipinski definition) is 0. The lowest BCUT2D eigenvalue weighted by Gasteiger charge is -2.13. The van der Waals surface area contributed by atoms with Crippen LogP contribution in [0.25, 0.3) is 0 Å². The molecule has 66 valence electrons. The van der Waals surface area contributed by atoms with E-state index in [0.29, 0.717) is 6.42 Å². The fourth-order valence-electron chi connectivity index (χ4n) is 0.333. The van der Waals surface area contributed by atoms with Gasteiger partial charge in [0.15, 0.2) is 0 Å². The predicted octanol–water partition coefficient (Wildman–Crippen LogP) is 2.32. The van der Waals surface area contributed by atoms with E-state index in [1.165, 1.54) is 0 Å². The van der Waals surface area contributed by atoms with E-state index < -0.39 is 16.9 Å². The zero-order chi connectivity index (χ0) is 9.07. The van der Waals surface area contributed by atoms with Crippen molar-refractivity contribution in [2.75, 3.05) is 0 Å². The number of carbonyl (C=O) groups excluding carboxylic acids is 1. The van der Waals surface area contributed by atoms with Gasteiger partial charge in [-0.05, 0) is 13.3 Å². The summed E-state index contributed by atoms with van der Waals surface area (Å²) in [6.07, 6.45) is 0.0559. The SMILES string of the molecule is CCC(C)OC(=O)C(F)(F)Br. The molecule has 0 aromatic heterocycles. The largest absolute Gasteiger partial charge is 0.458 e. The Morgan fingerprint density at radius 2 is 2.18 bits per heavy atom. The first-order valence-corrected chi connectivity index (χ1v) is 3.95. The van der Waals surface area contributed by atoms with E-state index in [-0.39, 0.29) is 0 Å². The second kappa shape index (κ2) is 3.99. The molecule has 0 aromatic rings. The number of ether oxygens (including phenoxy) is 1. The van der Waals surface area contributed by atoms with Gasteiger partial charge in [0.05, 0.1) is 6.10 Å². The van der Waals surface area contributed by atoms with E-state index in [0.717, 1.165) is 0 Å². The van der Waals surface area contributed by atoms with Crippen LogP contribution in [0.1, 0.15) is 20.3 Å². The topological polar surface area (TPSA) is 26.3 Å². The number of carbonyl (C=O) groups is 1. The van der Waals surface area contributed by atoms with Crippen LogP contribution in [0.15, 0.2) is 0 Å².